The fourth-order valence-electron chi connectivity index (χ4n) is 1.91. The quantitative estimate of drug-likeness (QED) is 0.770. The first-order chi connectivity index (χ1) is 8.02. The van der Waals surface area contributed by atoms with E-state index in [1.165, 1.54) is 23.6 Å². The van der Waals surface area contributed by atoms with Gasteiger partial charge < -0.3 is 4.42 Å². The van der Waals surface area contributed by atoms with Gasteiger partial charge in [0, 0.05) is 11.6 Å². The van der Waals surface area contributed by atoms with Crippen LogP contribution in [0, 0.1) is 0 Å². The van der Waals surface area contributed by atoms with Crippen LogP contribution in [0.4, 0.5) is 0 Å². The highest BCUT2D eigenvalue weighted by Gasteiger charge is 2.22. The van der Waals surface area contributed by atoms with Crippen LogP contribution in [0.1, 0.15) is 25.5 Å². The van der Waals surface area contributed by atoms with E-state index in [0.717, 1.165) is 17.7 Å². The minimum atomic E-state index is -1.37. The van der Waals surface area contributed by atoms with E-state index in [-0.39, 0.29) is 0 Å². The summed E-state index contributed by atoms with van der Waals surface area (Å²) in [4.78, 5) is 4.46. The maximum atomic E-state index is 6.06. The molecule has 0 saturated carbocycles. The third-order valence-corrected chi connectivity index (χ3v) is 4.74. The monoisotopic (exact) mass is 247 g/mol. The van der Waals surface area contributed by atoms with Gasteiger partial charge in [-0.15, -0.1) is 0 Å². The molecule has 92 valence electrons. The van der Waals surface area contributed by atoms with Gasteiger partial charge in [-0.25, -0.2) is 0 Å². The molecule has 0 bridgehead atoms. The average Bonchev–Trinajstić information content (AvgIpc) is 2.70. The van der Waals surface area contributed by atoms with Crippen LogP contribution < -0.4 is 5.38 Å². The third kappa shape index (κ3) is 2.60. The number of furan rings is 1. The van der Waals surface area contributed by atoms with Crippen LogP contribution in [0.5, 0.6) is 0 Å². The lowest BCUT2D eigenvalue weighted by atomic mass is 10.1. The Morgan fingerprint density at radius 3 is 2.71 bits per heavy atom. The van der Waals surface area contributed by atoms with Crippen molar-refractivity contribution in [2.45, 2.75) is 45.8 Å². The van der Waals surface area contributed by atoms with E-state index < -0.39 is 8.07 Å². The van der Waals surface area contributed by atoms with Crippen molar-refractivity contribution in [2.75, 3.05) is 0 Å². The second-order valence-corrected chi connectivity index (χ2v) is 10.6. The van der Waals surface area contributed by atoms with Gasteiger partial charge in [-0.1, -0.05) is 33.0 Å². The number of hydrogen-bond donors (Lipinski definition) is 0. The number of unbranched alkanes of at least 4 members (excludes halogenated alkanes) is 1. The Balaban J connectivity index is 2.45. The average molecular weight is 247 g/mol. The molecule has 0 amide bonds. The topological polar surface area (TPSA) is 26.0 Å². The summed E-state index contributed by atoms with van der Waals surface area (Å²) in [6.45, 7) is 9.13. The van der Waals surface area contributed by atoms with Gasteiger partial charge in [-0.3, -0.25) is 4.98 Å². The van der Waals surface area contributed by atoms with Crippen molar-refractivity contribution >= 4 is 24.4 Å². The van der Waals surface area contributed by atoms with Crippen molar-refractivity contribution in [1.29, 1.82) is 0 Å². The largest absolute Gasteiger partial charge is 0.464 e. The van der Waals surface area contributed by atoms with Gasteiger partial charge >= 0.3 is 0 Å². The van der Waals surface area contributed by atoms with Crippen LogP contribution in [0.25, 0.3) is 11.0 Å². The Morgan fingerprint density at radius 2 is 2.06 bits per heavy atom. The van der Waals surface area contributed by atoms with Gasteiger partial charge in [0.2, 0.25) is 0 Å². The summed E-state index contributed by atoms with van der Waals surface area (Å²) in [6, 6.07) is 4.26. The Kier molecular flexibility index (Phi) is 3.38. The summed E-state index contributed by atoms with van der Waals surface area (Å²) >= 11 is 0. The number of fused-ring (bicyclic) bond motifs is 1. The van der Waals surface area contributed by atoms with Crippen LogP contribution in [-0.2, 0) is 6.42 Å². The lowest BCUT2D eigenvalue weighted by Gasteiger charge is -2.10. The van der Waals surface area contributed by atoms with Gasteiger partial charge in [-0.2, -0.15) is 0 Å². The second-order valence-electron chi connectivity index (χ2n) is 5.64. The Labute approximate surface area is 104 Å². The van der Waals surface area contributed by atoms with E-state index in [1.807, 2.05) is 6.20 Å². The molecule has 0 radical (unpaired) electrons. The van der Waals surface area contributed by atoms with Crippen molar-refractivity contribution in [3.05, 3.63) is 24.0 Å². The highest BCUT2D eigenvalue weighted by Crippen LogP contribution is 2.20. The Morgan fingerprint density at radius 1 is 1.29 bits per heavy atom. The third-order valence-electron chi connectivity index (χ3n) is 3.01. The molecule has 0 aromatic carbocycles. The second kappa shape index (κ2) is 4.65. The standard InChI is InChI=1S/C14H21NOSi/c1-5-6-7-12-14-11(8-9-15-12)10-13(16-14)17(2,3)4/h8-10H,5-7H2,1-4H3. The first kappa shape index (κ1) is 12.4. The van der Waals surface area contributed by atoms with Crippen LogP contribution in [-0.4, -0.2) is 13.1 Å². The number of hydrogen-bond acceptors (Lipinski definition) is 2. The van der Waals surface area contributed by atoms with Crippen molar-refractivity contribution in [3.8, 4) is 0 Å². The zero-order valence-corrected chi connectivity index (χ0v) is 12.2. The molecule has 17 heavy (non-hydrogen) atoms. The summed E-state index contributed by atoms with van der Waals surface area (Å²) < 4.78 is 6.06. The molecule has 2 aromatic heterocycles. The molecular formula is C14H21NOSi. The van der Waals surface area contributed by atoms with Gasteiger partial charge in [0.1, 0.15) is 8.07 Å². The Hall–Kier alpha value is -1.09. The van der Waals surface area contributed by atoms with Crippen LogP contribution in [0.3, 0.4) is 0 Å². The van der Waals surface area contributed by atoms with Gasteiger partial charge in [0.25, 0.3) is 0 Å². The number of aryl methyl sites for hydroxylation is 1. The van der Waals surface area contributed by atoms with Crippen molar-refractivity contribution in [1.82, 2.24) is 4.98 Å². The van der Waals surface area contributed by atoms with Crippen LogP contribution >= 0.6 is 0 Å². The molecule has 0 aliphatic heterocycles. The molecule has 2 rings (SSSR count). The lowest BCUT2D eigenvalue weighted by Crippen LogP contribution is -2.36. The predicted molar refractivity (Wildman–Crippen MR) is 75.6 cm³/mol. The van der Waals surface area contributed by atoms with E-state index >= 15 is 0 Å². The SMILES string of the molecule is CCCCc1nccc2cc([Si](C)(C)C)oc12. The van der Waals surface area contributed by atoms with Gasteiger partial charge in [0.05, 0.1) is 11.1 Å². The molecule has 2 heterocycles. The number of pyridine rings is 1. The molecule has 0 unspecified atom stereocenters. The van der Waals surface area contributed by atoms with Crippen LogP contribution in [0.15, 0.2) is 22.7 Å². The van der Waals surface area contributed by atoms with E-state index in [0.29, 0.717) is 0 Å². The molecule has 2 nitrogen and oxygen atoms in total. The summed E-state index contributed by atoms with van der Waals surface area (Å²) in [5.41, 5.74) is 2.13. The smallest absolute Gasteiger partial charge is 0.155 e. The highest BCUT2D eigenvalue weighted by atomic mass is 28.3. The molecular weight excluding hydrogens is 226 g/mol. The van der Waals surface area contributed by atoms with Crippen molar-refractivity contribution in [2.24, 2.45) is 0 Å². The molecule has 0 spiro atoms. The fraction of sp³-hybridized carbons (Fsp3) is 0.500. The van der Waals surface area contributed by atoms with Crippen LogP contribution in [0.2, 0.25) is 19.6 Å². The maximum absolute atomic E-state index is 6.06. The lowest BCUT2D eigenvalue weighted by molar-refractivity contribution is 0.634. The Bertz CT molecular complexity index is 510. The zero-order chi connectivity index (χ0) is 12.5. The van der Waals surface area contributed by atoms with Crippen molar-refractivity contribution in [3.63, 3.8) is 0 Å². The minimum Gasteiger partial charge on any atom is -0.464 e. The van der Waals surface area contributed by atoms with Gasteiger partial charge in [0.15, 0.2) is 5.58 Å². The van der Waals surface area contributed by atoms with E-state index in [4.69, 9.17) is 4.42 Å². The van der Waals surface area contributed by atoms with E-state index in [9.17, 15) is 0 Å². The molecule has 0 aliphatic rings. The fourth-order valence-corrected chi connectivity index (χ4v) is 2.91. The number of aromatic nitrogens is 1. The van der Waals surface area contributed by atoms with E-state index in [2.05, 4.69) is 43.7 Å². The summed E-state index contributed by atoms with van der Waals surface area (Å²) in [7, 11) is -1.37. The number of rotatable bonds is 4. The first-order valence-corrected chi connectivity index (χ1v) is 9.90. The highest BCUT2D eigenvalue weighted by molar-refractivity contribution is 6.87. The van der Waals surface area contributed by atoms with Gasteiger partial charge in [-0.05, 0) is 25.0 Å². The molecule has 2 aromatic rings. The zero-order valence-electron chi connectivity index (χ0n) is 11.2. The summed E-state index contributed by atoms with van der Waals surface area (Å²) in [6.07, 6.45) is 5.29. The molecule has 0 aliphatic carbocycles. The maximum Gasteiger partial charge on any atom is 0.155 e. The van der Waals surface area contributed by atoms with Crippen molar-refractivity contribution < 1.29 is 4.42 Å². The minimum absolute atomic E-state index is 1.01. The molecule has 0 N–H and O–H groups in total. The number of nitrogens with zero attached hydrogens (tertiary/aromatic N) is 1. The summed E-state index contributed by atoms with van der Waals surface area (Å²) in [5, 5.41) is 2.39. The normalized spacial score (nSPS) is 12.2. The predicted octanol–water partition coefficient (Wildman–Crippen LogP) is 3.72. The molecule has 3 heteroatoms. The molecule has 0 fully saturated rings. The summed E-state index contributed by atoms with van der Waals surface area (Å²) in [5.74, 6) is 0. The molecule has 0 saturated heterocycles. The molecule has 0 atom stereocenters. The first-order valence-electron chi connectivity index (χ1n) is 6.40. The van der Waals surface area contributed by atoms with E-state index in [1.54, 1.807) is 0 Å².